The van der Waals surface area contributed by atoms with E-state index in [1.54, 1.807) is 31.2 Å². The molecule has 11 nitrogen and oxygen atoms in total. The molecular formula is C20H29NO10. The Morgan fingerprint density at radius 2 is 1.68 bits per heavy atom. The normalized spacial score (nSPS) is 11.4. The average molecular weight is 443 g/mol. The van der Waals surface area contributed by atoms with Crippen LogP contribution < -0.4 is 10.1 Å². The Morgan fingerprint density at radius 3 is 2.19 bits per heavy atom. The van der Waals surface area contributed by atoms with E-state index in [0.717, 1.165) is 0 Å². The van der Waals surface area contributed by atoms with E-state index < -0.39 is 29.6 Å². The fourth-order valence-electron chi connectivity index (χ4n) is 2.15. The molecule has 1 atom stereocenters. The van der Waals surface area contributed by atoms with Gasteiger partial charge in [0.15, 0.2) is 0 Å². The molecule has 0 amide bonds. The van der Waals surface area contributed by atoms with Crippen LogP contribution >= 0.6 is 0 Å². The molecule has 0 aliphatic rings. The second-order valence-electron chi connectivity index (χ2n) is 6.81. The Bertz CT molecular complexity index is 735. The maximum Gasteiger partial charge on any atom is 0.414 e. The topological polar surface area (TPSA) is 169 Å². The minimum absolute atomic E-state index is 0.00348. The van der Waals surface area contributed by atoms with Crippen molar-refractivity contribution in [2.24, 2.45) is 0 Å². The first-order chi connectivity index (χ1) is 14.4. The molecule has 1 rings (SSSR count). The maximum atomic E-state index is 11.7. The number of nitrogens with one attached hydrogen (secondary N) is 1. The van der Waals surface area contributed by atoms with Crippen LogP contribution in [0.2, 0.25) is 0 Å². The summed E-state index contributed by atoms with van der Waals surface area (Å²) in [5.74, 6) is -4.10. The van der Waals surface area contributed by atoms with E-state index >= 15 is 0 Å². The summed E-state index contributed by atoms with van der Waals surface area (Å²) >= 11 is 0. The number of aliphatic hydroxyl groups excluding tert-OH is 1. The molecule has 0 aliphatic heterocycles. The second kappa shape index (κ2) is 13.9. The van der Waals surface area contributed by atoms with Gasteiger partial charge in [0.2, 0.25) is 0 Å². The van der Waals surface area contributed by atoms with E-state index in [-0.39, 0.29) is 25.5 Å². The molecule has 31 heavy (non-hydrogen) atoms. The summed E-state index contributed by atoms with van der Waals surface area (Å²) in [4.78, 5) is 41.4. The lowest BCUT2D eigenvalue weighted by molar-refractivity contribution is -0.159. The smallest absolute Gasteiger partial charge is 0.414 e. The van der Waals surface area contributed by atoms with Crippen molar-refractivity contribution in [3.05, 3.63) is 29.8 Å². The Hall–Kier alpha value is -3.18. The summed E-state index contributed by atoms with van der Waals surface area (Å²) in [6, 6.07) is 6.66. The molecule has 0 bridgehead atoms. The molecule has 174 valence electrons. The van der Waals surface area contributed by atoms with Crippen molar-refractivity contribution in [2.75, 3.05) is 26.9 Å². The first-order valence-electron chi connectivity index (χ1n) is 9.28. The van der Waals surface area contributed by atoms with Crippen LogP contribution in [0.25, 0.3) is 0 Å². The van der Waals surface area contributed by atoms with Gasteiger partial charge in [0.05, 0.1) is 20.1 Å². The molecule has 0 aromatic heterocycles. The summed E-state index contributed by atoms with van der Waals surface area (Å²) in [5.41, 5.74) is -0.218. The van der Waals surface area contributed by atoms with Crippen LogP contribution in [-0.4, -0.2) is 77.7 Å². The molecule has 0 radical (unpaired) electrons. The molecule has 1 aromatic carbocycles. The summed E-state index contributed by atoms with van der Waals surface area (Å²) in [6.07, 6.45) is -0.619. The predicted octanol–water partition coefficient (Wildman–Crippen LogP) is 0.690. The number of carbonyl (C=O) groups excluding carboxylic acids is 2. The van der Waals surface area contributed by atoms with Gasteiger partial charge in [-0.1, -0.05) is 12.1 Å². The highest BCUT2D eigenvalue weighted by Crippen LogP contribution is 2.19. The van der Waals surface area contributed by atoms with Gasteiger partial charge in [0.25, 0.3) is 0 Å². The highest BCUT2D eigenvalue weighted by molar-refractivity contribution is 6.27. The Balaban J connectivity index is 0.00000131. The minimum Gasteiger partial charge on any atom is -0.490 e. The van der Waals surface area contributed by atoms with Gasteiger partial charge in [-0.25, -0.2) is 14.4 Å². The lowest BCUT2D eigenvalue weighted by atomic mass is 10.0. The zero-order chi connectivity index (χ0) is 24.0. The van der Waals surface area contributed by atoms with Crippen molar-refractivity contribution in [3.8, 4) is 5.75 Å². The van der Waals surface area contributed by atoms with Crippen LogP contribution in [0.1, 0.15) is 37.6 Å². The number of β-amino-alcohol motifs (C(OH)–C–C–N with tert-alkyl or cyclic N) is 1. The molecule has 0 heterocycles. The molecule has 4 N–H and O–H groups in total. The predicted molar refractivity (Wildman–Crippen MR) is 108 cm³/mol. The van der Waals surface area contributed by atoms with Crippen molar-refractivity contribution in [3.63, 3.8) is 0 Å². The van der Waals surface area contributed by atoms with E-state index in [4.69, 9.17) is 34.0 Å². The zero-order valence-corrected chi connectivity index (χ0v) is 17.9. The molecule has 0 saturated heterocycles. The van der Waals surface area contributed by atoms with Crippen LogP contribution in [-0.2, 0) is 23.9 Å². The maximum absolute atomic E-state index is 11.7. The van der Waals surface area contributed by atoms with Crippen molar-refractivity contribution < 1.29 is 48.7 Å². The molecule has 1 aromatic rings. The highest BCUT2D eigenvalue weighted by atomic mass is 16.5. The van der Waals surface area contributed by atoms with Crippen LogP contribution in [0.4, 0.5) is 0 Å². The Kier molecular flexibility index (Phi) is 12.5. The van der Waals surface area contributed by atoms with Gasteiger partial charge in [-0.15, -0.1) is 0 Å². The SMILES string of the molecule is CCOC(=O)CC(C)(C)NCC(O)COc1ccccc1C(=O)OC.O=C(O)C(=O)O. The number of methoxy groups -OCH3 is 1. The molecule has 1 unspecified atom stereocenters. The largest absolute Gasteiger partial charge is 0.490 e. The van der Waals surface area contributed by atoms with Gasteiger partial charge >= 0.3 is 23.9 Å². The number of rotatable bonds is 10. The molecule has 0 aliphatic carbocycles. The molecule has 11 heteroatoms. The second-order valence-corrected chi connectivity index (χ2v) is 6.81. The van der Waals surface area contributed by atoms with Gasteiger partial charge in [-0.3, -0.25) is 4.79 Å². The third-order valence-corrected chi connectivity index (χ3v) is 3.61. The van der Waals surface area contributed by atoms with Crippen LogP contribution in [0.5, 0.6) is 5.75 Å². The monoisotopic (exact) mass is 443 g/mol. The molecule has 0 fully saturated rings. The molecular weight excluding hydrogens is 414 g/mol. The van der Waals surface area contributed by atoms with Gasteiger partial charge in [-0.2, -0.15) is 0 Å². The number of carboxylic acids is 2. The first-order valence-corrected chi connectivity index (χ1v) is 9.28. The molecule has 0 saturated carbocycles. The number of esters is 2. The fraction of sp³-hybridized carbons (Fsp3) is 0.500. The van der Waals surface area contributed by atoms with E-state index in [0.29, 0.717) is 17.9 Å². The minimum atomic E-state index is -1.82. The van der Waals surface area contributed by atoms with Crippen molar-refractivity contribution >= 4 is 23.9 Å². The molecule has 0 spiro atoms. The van der Waals surface area contributed by atoms with Gasteiger partial charge in [0, 0.05) is 12.1 Å². The van der Waals surface area contributed by atoms with E-state index in [1.807, 2.05) is 13.8 Å². The number of carbonyl (C=O) groups is 4. The van der Waals surface area contributed by atoms with Gasteiger partial charge < -0.3 is 34.8 Å². The number of carboxylic acid groups (broad SMARTS) is 2. The average Bonchev–Trinajstić information content (AvgIpc) is 2.70. The van der Waals surface area contributed by atoms with Crippen molar-refractivity contribution in [2.45, 2.75) is 38.8 Å². The number of hydrogen-bond acceptors (Lipinski definition) is 9. The van der Waals surface area contributed by atoms with Crippen LogP contribution in [0.15, 0.2) is 24.3 Å². The lowest BCUT2D eigenvalue weighted by Gasteiger charge is -2.26. The van der Waals surface area contributed by atoms with Gasteiger partial charge in [0.1, 0.15) is 24.0 Å². The Morgan fingerprint density at radius 1 is 1.10 bits per heavy atom. The standard InChI is InChI=1S/C18H27NO6.C2H2O4/c1-5-24-16(21)10-18(2,3)19-11-13(20)12-25-15-9-7-6-8-14(15)17(22)23-4;3-1(4)2(5)6/h6-9,13,19-20H,5,10-12H2,1-4H3;(H,3,4)(H,5,6). The van der Waals surface area contributed by atoms with E-state index in [1.165, 1.54) is 7.11 Å². The third-order valence-electron chi connectivity index (χ3n) is 3.61. The van der Waals surface area contributed by atoms with Crippen molar-refractivity contribution in [1.29, 1.82) is 0 Å². The van der Waals surface area contributed by atoms with E-state index in [9.17, 15) is 14.7 Å². The van der Waals surface area contributed by atoms with Gasteiger partial charge in [-0.05, 0) is 32.9 Å². The number of aliphatic hydroxyl groups is 1. The zero-order valence-electron chi connectivity index (χ0n) is 17.9. The summed E-state index contributed by atoms with van der Waals surface area (Å²) in [7, 11) is 1.30. The number of benzene rings is 1. The quantitative estimate of drug-likeness (QED) is 0.296. The number of aliphatic carboxylic acids is 2. The summed E-state index contributed by atoms with van der Waals surface area (Å²) in [6.45, 7) is 6.02. The number of ether oxygens (including phenoxy) is 3. The Labute approximate surface area is 179 Å². The lowest BCUT2D eigenvalue weighted by Crippen LogP contribution is -2.46. The number of hydrogen-bond donors (Lipinski definition) is 4. The van der Waals surface area contributed by atoms with E-state index in [2.05, 4.69) is 5.32 Å². The van der Waals surface area contributed by atoms with Crippen LogP contribution in [0, 0.1) is 0 Å². The van der Waals surface area contributed by atoms with Crippen molar-refractivity contribution in [1.82, 2.24) is 5.32 Å². The highest BCUT2D eigenvalue weighted by Gasteiger charge is 2.23. The number of para-hydroxylation sites is 1. The fourth-order valence-corrected chi connectivity index (χ4v) is 2.15. The third kappa shape index (κ3) is 12.2. The first kappa shape index (κ1) is 27.8. The van der Waals surface area contributed by atoms with Crippen LogP contribution in [0.3, 0.4) is 0 Å². The summed E-state index contributed by atoms with van der Waals surface area (Å²) < 4.78 is 15.1. The summed E-state index contributed by atoms with van der Waals surface area (Å²) in [5, 5.41) is 28.0.